The van der Waals surface area contributed by atoms with Crippen molar-refractivity contribution in [3.8, 4) is 17.0 Å². The van der Waals surface area contributed by atoms with E-state index in [1.807, 2.05) is 31.3 Å². The Labute approximate surface area is 207 Å². The van der Waals surface area contributed by atoms with Gasteiger partial charge in [0.2, 0.25) is 17.4 Å². The minimum Gasteiger partial charge on any atom is -0.420 e. The van der Waals surface area contributed by atoms with E-state index in [-0.39, 0.29) is 16.8 Å². The van der Waals surface area contributed by atoms with Crippen molar-refractivity contribution >= 4 is 40.4 Å². The van der Waals surface area contributed by atoms with Crippen LogP contribution in [0.2, 0.25) is 0 Å². The number of halogens is 4. The molecule has 0 aliphatic carbocycles. The van der Waals surface area contributed by atoms with Crippen LogP contribution in [0.4, 0.5) is 17.6 Å². The average Bonchev–Trinajstić information content (AvgIpc) is 3.17. The van der Waals surface area contributed by atoms with Crippen molar-refractivity contribution < 1.29 is 27.1 Å². The Kier molecular flexibility index (Phi) is 6.31. The zero-order valence-corrected chi connectivity index (χ0v) is 20.3. The molecule has 0 spiro atoms. The lowest BCUT2D eigenvalue weighted by Gasteiger charge is -2.25. The molecular formula is C26H19F4NO2S2. The number of benzene rings is 3. The molecule has 1 aliphatic heterocycles. The number of carbonyl (C=O) groups is 1. The summed E-state index contributed by atoms with van der Waals surface area (Å²) < 4.78 is 62.5. The molecule has 1 aromatic heterocycles. The third-order valence-corrected chi connectivity index (χ3v) is 8.73. The van der Waals surface area contributed by atoms with Crippen LogP contribution in [0.1, 0.15) is 22.1 Å². The summed E-state index contributed by atoms with van der Waals surface area (Å²) in [6, 6.07) is 16.2. The highest BCUT2D eigenvalue weighted by atomic mass is 32.2. The first-order chi connectivity index (χ1) is 16.8. The summed E-state index contributed by atoms with van der Waals surface area (Å²) in [6.07, 6.45) is -0.195. The first kappa shape index (κ1) is 23.8. The number of thioether (sulfide) groups is 2. The summed E-state index contributed by atoms with van der Waals surface area (Å²) in [6.45, 7) is 0.903. The van der Waals surface area contributed by atoms with E-state index >= 15 is 0 Å². The number of rotatable bonds is 5. The van der Waals surface area contributed by atoms with Crippen molar-refractivity contribution in [2.45, 2.75) is 22.8 Å². The molecule has 4 aromatic rings. The highest BCUT2D eigenvalue weighted by Gasteiger charge is 2.31. The predicted octanol–water partition coefficient (Wildman–Crippen LogP) is 7.54. The zero-order chi connectivity index (χ0) is 24.9. The van der Waals surface area contributed by atoms with Gasteiger partial charge < -0.3 is 9.30 Å². The molecule has 1 unspecified atom stereocenters. The fraction of sp³-hybridized carbons (Fsp3) is 0.192. The monoisotopic (exact) mass is 517 g/mol. The number of esters is 1. The molecule has 2 heterocycles. The molecule has 3 aromatic carbocycles. The summed E-state index contributed by atoms with van der Waals surface area (Å²) in [4.78, 5) is 13.4. The van der Waals surface area contributed by atoms with Gasteiger partial charge in [0.25, 0.3) is 0 Å². The van der Waals surface area contributed by atoms with Gasteiger partial charge in [-0.25, -0.2) is 8.78 Å². The smallest absolute Gasteiger partial charge is 0.312 e. The van der Waals surface area contributed by atoms with E-state index in [1.54, 1.807) is 11.8 Å². The van der Waals surface area contributed by atoms with E-state index in [4.69, 9.17) is 0 Å². The molecule has 0 saturated carbocycles. The molecule has 9 heteroatoms. The standard InChI is InChI=1S/C26H19F4NO2S2/c1-13-20(27)22(29)25(23(30)21(13)28)33-18(32)11-12-34-26-19-14-7-3-5-9-16(14)31(2)24(19)15-8-4-6-10-17(15)35-26/h3-10,26H,11-12H2,1-2H3. The van der Waals surface area contributed by atoms with Crippen LogP contribution in [-0.4, -0.2) is 16.3 Å². The minimum atomic E-state index is -1.72. The maximum atomic E-state index is 14.1. The Morgan fingerprint density at radius 2 is 1.66 bits per heavy atom. The molecule has 0 N–H and O–H groups in total. The fourth-order valence-electron chi connectivity index (χ4n) is 4.27. The maximum Gasteiger partial charge on any atom is 0.312 e. The first-order valence-corrected chi connectivity index (χ1v) is 12.7. The van der Waals surface area contributed by atoms with Gasteiger partial charge >= 0.3 is 5.97 Å². The van der Waals surface area contributed by atoms with Gasteiger partial charge in [-0.05, 0) is 19.1 Å². The van der Waals surface area contributed by atoms with Gasteiger partial charge in [0, 0.05) is 45.3 Å². The highest BCUT2D eigenvalue weighted by molar-refractivity contribution is 8.16. The van der Waals surface area contributed by atoms with Crippen LogP contribution >= 0.6 is 23.5 Å². The Bertz CT molecular complexity index is 1460. The van der Waals surface area contributed by atoms with E-state index in [2.05, 4.69) is 33.6 Å². The number of ether oxygens (including phenoxy) is 1. The maximum absolute atomic E-state index is 14.1. The van der Waals surface area contributed by atoms with Crippen LogP contribution < -0.4 is 4.74 Å². The third-order valence-electron chi connectivity index (χ3n) is 5.99. The Morgan fingerprint density at radius 1 is 1.00 bits per heavy atom. The van der Waals surface area contributed by atoms with Crippen molar-refractivity contribution in [1.29, 1.82) is 0 Å². The molecule has 35 heavy (non-hydrogen) atoms. The van der Waals surface area contributed by atoms with Crippen molar-refractivity contribution in [3.05, 3.63) is 82.9 Å². The minimum absolute atomic E-state index is 0.0402. The van der Waals surface area contributed by atoms with Gasteiger partial charge in [0.15, 0.2) is 11.6 Å². The Hall–Kier alpha value is -2.91. The summed E-state index contributed by atoms with van der Waals surface area (Å²) in [5, 5.41) is 1.11. The number of nitrogens with zero attached hydrogens (tertiary/aromatic N) is 1. The second kappa shape index (κ2) is 9.28. The van der Waals surface area contributed by atoms with Crippen LogP contribution in [0.25, 0.3) is 22.2 Å². The quantitative estimate of drug-likeness (QED) is 0.118. The average molecular weight is 518 g/mol. The largest absolute Gasteiger partial charge is 0.420 e. The molecule has 0 bridgehead atoms. The molecule has 0 fully saturated rings. The van der Waals surface area contributed by atoms with Crippen LogP contribution in [0.5, 0.6) is 5.75 Å². The van der Waals surface area contributed by atoms with Crippen LogP contribution in [0.3, 0.4) is 0 Å². The predicted molar refractivity (Wildman–Crippen MR) is 131 cm³/mol. The normalized spacial score (nSPS) is 14.6. The topological polar surface area (TPSA) is 31.2 Å². The number of carbonyl (C=O) groups excluding carboxylic acids is 1. The van der Waals surface area contributed by atoms with Gasteiger partial charge in [-0.3, -0.25) is 4.79 Å². The molecule has 180 valence electrons. The van der Waals surface area contributed by atoms with Crippen molar-refractivity contribution in [2.24, 2.45) is 7.05 Å². The number of hydrogen-bond donors (Lipinski definition) is 0. The second-order valence-electron chi connectivity index (χ2n) is 8.09. The zero-order valence-electron chi connectivity index (χ0n) is 18.7. The van der Waals surface area contributed by atoms with Gasteiger partial charge in [0.05, 0.1) is 16.7 Å². The summed E-state index contributed by atoms with van der Waals surface area (Å²) in [5.41, 5.74) is 3.67. The van der Waals surface area contributed by atoms with Crippen LogP contribution in [-0.2, 0) is 11.8 Å². The fourth-order valence-corrected chi connectivity index (χ4v) is 7.08. The summed E-state index contributed by atoms with van der Waals surface area (Å²) in [7, 11) is 2.02. The molecule has 3 nitrogen and oxygen atoms in total. The van der Waals surface area contributed by atoms with Gasteiger partial charge in [0.1, 0.15) is 0 Å². The van der Waals surface area contributed by atoms with Crippen LogP contribution in [0, 0.1) is 30.2 Å². The SMILES string of the molecule is Cc1c(F)c(F)c(OC(=O)CCSC2Sc3ccccc3-c3c2c2ccccc2n3C)c(F)c1F. The molecule has 0 radical (unpaired) electrons. The van der Waals surface area contributed by atoms with Crippen molar-refractivity contribution in [1.82, 2.24) is 4.57 Å². The molecule has 0 amide bonds. The molecule has 1 aliphatic rings. The number of hydrogen-bond acceptors (Lipinski definition) is 4. The van der Waals surface area contributed by atoms with E-state index in [0.717, 1.165) is 39.5 Å². The van der Waals surface area contributed by atoms with E-state index in [9.17, 15) is 22.4 Å². The van der Waals surface area contributed by atoms with E-state index in [1.165, 1.54) is 11.8 Å². The Balaban J connectivity index is 1.37. The second-order valence-corrected chi connectivity index (χ2v) is 10.7. The van der Waals surface area contributed by atoms with E-state index in [0.29, 0.717) is 0 Å². The van der Waals surface area contributed by atoms with Gasteiger partial charge in [-0.1, -0.05) is 36.4 Å². The van der Waals surface area contributed by atoms with Gasteiger partial charge in [-0.2, -0.15) is 8.78 Å². The highest BCUT2D eigenvalue weighted by Crippen LogP contribution is 2.56. The summed E-state index contributed by atoms with van der Waals surface area (Å²) in [5.74, 6) is -8.65. The van der Waals surface area contributed by atoms with Gasteiger partial charge in [-0.15, -0.1) is 23.5 Å². The molecule has 1 atom stereocenters. The Morgan fingerprint density at radius 3 is 2.40 bits per heavy atom. The van der Waals surface area contributed by atoms with E-state index < -0.39 is 40.6 Å². The molecule has 0 saturated heterocycles. The summed E-state index contributed by atoms with van der Waals surface area (Å²) >= 11 is 3.17. The van der Waals surface area contributed by atoms with Crippen LogP contribution in [0.15, 0.2) is 53.4 Å². The lowest BCUT2D eigenvalue weighted by molar-refractivity contribution is -0.134. The third kappa shape index (κ3) is 4.00. The molecular weight excluding hydrogens is 498 g/mol. The molecule has 5 rings (SSSR count). The number of aromatic nitrogens is 1. The van der Waals surface area contributed by atoms with Crippen molar-refractivity contribution in [3.63, 3.8) is 0 Å². The number of fused-ring (bicyclic) bond motifs is 5. The lowest BCUT2D eigenvalue weighted by Crippen LogP contribution is -2.14. The lowest BCUT2D eigenvalue weighted by atomic mass is 10.1. The van der Waals surface area contributed by atoms with Crippen molar-refractivity contribution in [2.75, 3.05) is 5.75 Å². The number of aryl methyl sites for hydroxylation is 1. The number of para-hydroxylation sites is 1. The first-order valence-electron chi connectivity index (χ1n) is 10.8.